The Morgan fingerprint density at radius 1 is 0.920 bits per heavy atom. The second-order valence-corrected chi connectivity index (χ2v) is 7.38. The molecule has 0 radical (unpaired) electrons. The first-order valence-electron chi connectivity index (χ1n) is 9.78. The van der Waals surface area contributed by atoms with Crippen molar-refractivity contribution in [1.82, 2.24) is 9.80 Å². The lowest BCUT2D eigenvalue weighted by atomic mass is 10.1. The molecule has 2 saturated heterocycles. The van der Waals surface area contributed by atoms with Crippen molar-refractivity contribution in [2.45, 2.75) is 31.7 Å². The summed E-state index contributed by atoms with van der Waals surface area (Å²) in [6, 6.07) is 8.83. The molecule has 3 aliphatic rings. The molecule has 25 heavy (non-hydrogen) atoms. The number of ether oxygens (including phenoxy) is 1. The van der Waals surface area contributed by atoms with E-state index in [-0.39, 0.29) is 5.91 Å². The minimum Gasteiger partial charge on any atom is -0.378 e. The molecule has 0 spiro atoms. The molecular formula is C20H29N3O2. The van der Waals surface area contributed by atoms with Crippen molar-refractivity contribution in [3.05, 3.63) is 29.8 Å². The SMILES string of the molecule is O=C(c1ccccc1N1CCOCC1)N1CCN(C2CCCC2)CC1. The standard InChI is InChI=1S/C20H29N3O2/c24-20(23-11-9-21(10-12-23)17-5-1-2-6-17)18-7-3-4-8-19(18)22-13-15-25-16-14-22/h3-4,7-8,17H,1-2,5-6,9-16H2. The van der Waals surface area contributed by atoms with E-state index < -0.39 is 0 Å². The Hall–Kier alpha value is -1.59. The van der Waals surface area contributed by atoms with Crippen molar-refractivity contribution >= 4 is 11.6 Å². The van der Waals surface area contributed by atoms with Gasteiger partial charge in [-0.1, -0.05) is 25.0 Å². The zero-order chi connectivity index (χ0) is 17.1. The fourth-order valence-electron chi connectivity index (χ4n) is 4.46. The van der Waals surface area contributed by atoms with Gasteiger partial charge in [-0.25, -0.2) is 0 Å². The molecule has 0 aromatic heterocycles. The summed E-state index contributed by atoms with van der Waals surface area (Å²) in [7, 11) is 0. The lowest BCUT2D eigenvalue weighted by Gasteiger charge is -2.38. The van der Waals surface area contributed by atoms with Gasteiger partial charge in [0.2, 0.25) is 0 Å². The van der Waals surface area contributed by atoms with Crippen LogP contribution in [0.2, 0.25) is 0 Å². The van der Waals surface area contributed by atoms with Crippen LogP contribution in [0, 0.1) is 0 Å². The van der Waals surface area contributed by atoms with Gasteiger partial charge in [-0.05, 0) is 25.0 Å². The van der Waals surface area contributed by atoms with Crippen LogP contribution in [0.4, 0.5) is 5.69 Å². The largest absolute Gasteiger partial charge is 0.378 e. The number of hydrogen-bond donors (Lipinski definition) is 0. The Labute approximate surface area is 150 Å². The third kappa shape index (κ3) is 3.67. The van der Waals surface area contributed by atoms with Crippen molar-refractivity contribution in [1.29, 1.82) is 0 Å². The number of amides is 1. The fraction of sp³-hybridized carbons (Fsp3) is 0.650. The van der Waals surface area contributed by atoms with Crippen LogP contribution in [-0.2, 0) is 4.74 Å². The van der Waals surface area contributed by atoms with Crippen molar-refractivity contribution in [3.63, 3.8) is 0 Å². The monoisotopic (exact) mass is 343 g/mol. The van der Waals surface area contributed by atoms with E-state index in [0.29, 0.717) is 0 Å². The van der Waals surface area contributed by atoms with Crippen LogP contribution in [0.1, 0.15) is 36.0 Å². The van der Waals surface area contributed by atoms with Crippen molar-refractivity contribution in [2.24, 2.45) is 0 Å². The van der Waals surface area contributed by atoms with E-state index >= 15 is 0 Å². The maximum absolute atomic E-state index is 13.1. The maximum atomic E-state index is 13.1. The minimum atomic E-state index is 0.188. The number of benzene rings is 1. The lowest BCUT2D eigenvalue weighted by molar-refractivity contribution is 0.0573. The fourth-order valence-corrected chi connectivity index (χ4v) is 4.46. The molecule has 0 bridgehead atoms. The van der Waals surface area contributed by atoms with E-state index in [1.165, 1.54) is 25.7 Å². The zero-order valence-corrected chi connectivity index (χ0v) is 15.0. The number of morpholine rings is 1. The number of hydrogen-bond acceptors (Lipinski definition) is 4. The van der Waals surface area contributed by atoms with Crippen LogP contribution in [0.5, 0.6) is 0 Å². The van der Waals surface area contributed by atoms with Gasteiger partial charge in [-0.15, -0.1) is 0 Å². The van der Waals surface area contributed by atoms with Gasteiger partial charge in [0.15, 0.2) is 0 Å². The molecular weight excluding hydrogens is 314 g/mol. The number of rotatable bonds is 3. The van der Waals surface area contributed by atoms with Crippen LogP contribution in [0.15, 0.2) is 24.3 Å². The normalized spacial score (nSPS) is 23.2. The van der Waals surface area contributed by atoms with Gasteiger partial charge < -0.3 is 14.5 Å². The Bertz CT molecular complexity index is 586. The maximum Gasteiger partial charge on any atom is 0.256 e. The molecule has 5 nitrogen and oxygen atoms in total. The van der Waals surface area contributed by atoms with E-state index in [9.17, 15) is 4.79 Å². The molecule has 1 aliphatic carbocycles. The molecule has 2 heterocycles. The predicted molar refractivity (Wildman–Crippen MR) is 99.2 cm³/mol. The number of nitrogens with zero attached hydrogens (tertiary/aromatic N) is 3. The first-order valence-corrected chi connectivity index (χ1v) is 9.78. The molecule has 0 unspecified atom stereocenters. The van der Waals surface area contributed by atoms with Crippen molar-refractivity contribution in [3.8, 4) is 0 Å². The molecule has 3 fully saturated rings. The molecule has 0 atom stereocenters. The topological polar surface area (TPSA) is 36.0 Å². The van der Waals surface area contributed by atoms with E-state index in [1.807, 2.05) is 23.1 Å². The summed E-state index contributed by atoms with van der Waals surface area (Å²) in [6.45, 7) is 6.95. The smallest absolute Gasteiger partial charge is 0.256 e. The predicted octanol–water partition coefficient (Wildman–Crippen LogP) is 2.22. The van der Waals surface area contributed by atoms with Crippen LogP contribution in [0.25, 0.3) is 0 Å². The average molecular weight is 343 g/mol. The molecule has 0 N–H and O–H groups in total. The molecule has 136 valence electrons. The molecule has 5 heteroatoms. The van der Waals surface area contributed by atoms with Gasteiger partial charge in [0.25, 0.3) is 5.91 Å². The van der Waals surface area contributed by atoms with Gasteiger partial charge >= 0.3 is 0 Å². The van der Waals surface area contributed by atoms with Crippen LogP contribution in [-0.4, -0.2) is 74.2 Å². The van der Waals surface area contributed by atoms with Gasteiger partial charge in [-0.3, -0.25) is 9.69 Å². The number of carbonyl (C=O) groups is 1. The van der Waals surface area contributed by atoms with Gasteiger partial charge in [0.05, 0.1) is 18.8 Å². The summed E-state index contributed by atoms with van der Waals surface area (Å²) in [5.41, 5.74) is 1.91. The van der Waals surface area contributed by atoms with Crippen LogP contribution >= 0.6 is 0 Å². The summed E-state index contributed by atoms with van der Waals surface area (Å²) in [6.07, 6.45) is 5.43. The summed E-state index contributed by atoms with van der Waals surface area (Å²) in [5, 5.41) is 0. The highest BCUT2D eigenvalue weighted by molar-refractivity contribution is 6.00. The quantitative estimate of drug-likeness (QED) is 0.843. The minimum absolute atomic E-state index is 0.188. The second-order valence-electron chi connectivity index (χ2n) is 7.38. The number of anilines is 1. The number of para-hydroxylation sites is 1. The molecule has 1 amide bonds. The summed E-state index contributed by atoms with van der Waals surface area (Å²) in [5.74, 6) is 0.188. The second kappa shape index (κ2) is 7.75. The van der Waals surface area contributed by atoms with Crippen molar-refractivity contribution < 1.29 is 9.53 Å². The molecule has 2 aliphatic heterocycles. The number of carbonyl (C=O) groups excluding carboxylic acids is 1. The molecule has 1 aromatic rings. The van der Waals surface area contributed by atoms with Gasteiger partial charge in [-0.2, -0.15) is 0 Å². The molecule has 1 saturated carbocycles. The van der Waals surface area contributed by atoms with E-state index in [4.69, 9.17) is 4.74 Å². The lowest BCUT2D eigenvalue weighted by Crippen LogP contribution is -2.51. The highest BCUT2D eigenvalue weighted by Gasteiger charge is 2.29. The third-order valence-electron chi connectivity index (χ3n) is 5.93. The first-order chi connectivity index (χ1) is 12.3. The molecule has 1 aromatic carbocycles. The highest BCUT2D eigenvalue weighted by atomic mass is 16.5. The third-order valence-corrected chi connectivity index (χ3v) is 5.93. The Morgan fingerprint density at radius 3 is 2.32 bits per heavy atom. The van der Waals surface area contributed by atoms with E-state index in [0.717, 1.165) is 69.8 Å². The summed E-state index contributed by atoms with van der Waals surface area (Å²) >= 11 is 0. The number of piperazine rings is 1. The first kappa shape index (κ1) is 16.9. The summed E-state index contributed by atoms with van der Waals surface area (Å²) < 4.78 is 5.46. The van der Waals surface area contributed by atoms with Gasteiger partial charge in [0, 0.05) is 51.0 Å². The Balaban J connectivity index is 1.43. The van der Waals surface area contributed by atoms with Crippen LogP contribution in [0.3, 0.4) is 0 Å². The van der Waals surface area contributed by atoms with Crippen molar-refractivity contribution in [2.75, 3.05) is 57.4 Å². The van der Waals surface area contributed by atoms with Crippen LogP contribution < -0.4 is 4.90 Å². The average Bonchev–Trinajstić information content (AvgIpc) is 3.23. The zero-order valence-electron chi connectivity index (χ0n) is 15.0. The Morgan fingerprint density at radius 2 is 1.60 bits per heavy atom. The van der Waals surface area contributed by atoms with E-state index in [2.05, 4.69) is 15.9 Å². The Kier molecular flexibility index (Phi) is 5.22. The highest BCUT2D eigenvalue weighted by Crippen LogP contribution is 2.26. The van der Waals surface area contributed by atoms with Gasteiger partial charge in [0.1, 0.15) is 0 Å². The molecule has 4 rings (SSSR count). The summed E-state index contributed by atoms with van der Waals surface area (Å²) in [4.78, 5) is 20.1. The van der Waals surface area contributed by atoms with E-state index in [1.54, 1.807) is 0 Å².